The summed E-state index contributed by atoms with van der Waals surface area (Å²) in [6, 6.07) is -0.594. The molecule has 0 aromatic carbocycles. The van der Waals surface area contributed by atoms with Crippen molar-refractivity contribution in [1.82, 2.24) is 4.72 Å². The topological polar surface area (TPSA) is 96.0 Å². The van der Waals surface area contributed by atoms with Crippen LogP contribution < -0.4 is 10.5 Å². The Balaban J connectivity index is 4.08. The molecule has 0 heterocycles. The Kier molecular flexibility index (Phi) is 5.89. The third-order valence-corrected chi connectivity index (χ3v) is 3.37. The number of rotatable bonds is 7. The van der Waals surface area contributed by atoms with Gasteiger partial charge in [0.05, 0.1) is 11.6 Å². The molecular weight excluding hydrogens is 259 g/mol. The van der Waals surface area contributed by atoms with Crippen molar-refractivity contribution in [2.45, 2.75) is 38.4 Å². The van der Waals surface area contributed by atoms with Gasteiger partial charge < -0.3 is 5.73 Å². The molecule has 0 fully saturated rings. The molecule has 0 aliphatic heterocycles. The monoisotopic (exact) mass is 275 g/mol. The summed E-state index contributed by atoms with van der Waals surface area (Å²) in [6.07, 6.45) is -5.93. The molecule has 1 unspecified atom stereocenters. The van der Waals surface area contributed by atoms with Crippen molar-refractivity contribution >= 4 is 15.9 Å². The van der Waals surface area contributed by atoms with E-state index in [1.807, 2.05) is 0 Å². The normalized spacial score (nSPS) is 14.6. The number of nitrogens with two attached hydrogens (primary N) is 1. The van der Waals surface area contributed by atoms with Crippen molar-refractivity contribution in [3.05, 3.63) is 0 Å². The largest absolute Gasteiger partial charge is 0.389 e. The summed E-state index contributed by atoms with van der Waals surface area (Å²) in [6.45, 7) is 1.49. The van der Waals surface area contributed by atoms with Crippen molar-refractivity contribution < 1.29 is 21.6 Å². The Morgan fingerprint density at radius 1 is 1.47 bits per heavy atom. The maximum absolute atomic E-state index is 11.8. The number of hydrogen-bond acceptors (Lipinski definition) is 3. The van der Waals surface area contributed by atoms with Crippen molar-refractivity contribution in [3.8, 4) is 0 Å². The zero-order chi connectivity index (χ0) is 13.7. The van der Waals surface area contributed by atoms with Crippen LogP contribution in [0.1, 0.15) is 26.2 Å². The fourth-order valence-electron chi connectivity index (χ4n) is 1.20. The Hall–Kier alpha value is -0.830. The molecular formula is C8H16F3N3O2S. The molecule has 0 aliphatic carbocycles. The summed E-state index contributed by atoms with van der Waals surface area (Å²) in [7, 11) is -3.75. The Morgan fingerprint density at radius 2 is 2.00 bits per heavy atom. The maximum atomic E-state index is 11.8. The van der Waals surface area contributed by atoms with Crippen LogP contribution in [0.15, 0.2) is 0 Å². The average molecular weight is 275 g/mol. The number of sulfonamides is 1. The number of nitrogens with one attached hydrogen (secondary N) is 2. The van der Waals surface area contributed by atoms with Gasteiger partial charge in [-0.25, -0.2) is 13.1 Å². The molecule has 0 rings (SSSR count). The third-order valence-electron chi connectivity index (χ3n) is 1.78. The molecule has 9 heteroatoms. The number of hydrogen-bond donors (Lipinski definition) is 3. The minimum atomic E-state index is -4.35. The highest BCUT2D eigenvalue weighted by molar-refractivity contribution is 7.89. The second-order valence-corrected chi connectivity index (χ2v) is 5.66. The molecule has 0 aromatic rings. The highest BCUT2D eigenvalue weighted by Gasteiger charge is 2.27. The smallest absolute Gasteiger partial charge is 0.388 e. The third kappa shape index (κ3) is 10.1. The Labute approximate surface area is 98.1 Å². The number of amidine groups is 1. The van der Waals surface area contributed by atoms with Gasteiger partial charge in [-0.15, -0.1) is 0 Å². The molecule has 0 saturated heterocycles. The van der Waals surface area contributed by atoms with Gasteiger partial charge in [0, 0.05) is 18.9 Å². The molecule has 17 heavy (non-hydrogen) atoms. The van der Waals surface area contributed by atoms with Crippen LogP contribution in [0.3, 0.4) is 0 Å². The standard InChI is InChI=1S/C8H16F3N3O2S/c1-6(5-7(12)13)14-17(15,16)4-2-3-8(9,10)11/h6,14H,2-5H2,1H3,(H3,12,13). The van der Waals surface area contributed by atoms with Crippen molar-refractivity contribution in [2.24, 2.45) is 5.73 Å². The molecule has 0 spiro atoms. The van der Waals surface area contributed by atoms with Crippen LogP contribution in [0, 0.1) is 5.41 Å². The zero-order valence-corrected chi connectivity index (χ0v) is 10.2. The SMILES string of the molecule is CC(CC(=N)N)NS(=O)(=O)CCCC(F)(F)F. The van der Waals surface area contributed by atoms with E-state index in [1.165, 1.54) is 6.92 Å². The summed E-state index contributed by atoms with van der Waals surface area (Å²) in [5.74, 6) is -0.773. The molecule has 0 bridgehead atoms. The fraction of sp³-hybridized carbons (Fsp3) is 0.875. The highest BCUT2D eigenvalue weighted by Crippen LogP contribution is 2.21. The minimum absolute atomic E-state index is 0.0263. The average Bonchev–Trinajstić information content (AvgIpc) is 1.96. The second kappa shape index (κ2) is 6.20. The van der Waals surface area contributed by atoms with Crippen LogP contribution >= 0.6 is 0 Å². The Bertz CT molecular complexity index is 354. The predicted molar refractivity (Wildman–Crippen MR) is 58.2 cm³/mol. The van der Waals surface area contributed by atoms with Crippen LogP contribution in [0.5, 0.6) is 0 Å². The first-order valence-corrected chi connectivity index (χ1v) is 6.57. The molecule has 0 radical (unpaired) electrons. The van der Waals surface area contributed by atoms with Crippen LogP contribution in [-0.4, -0.2) is 32.2 Å². The lowest BCUT2D eigenvalue weighted by Crippen LogP contribution is -2.37. The van der Waals surface area contributed by atoms with Gasteiger partial charge in [0.2, 0.25) is 10.0 Å². The molecule has 0 aliphatic rings. The van der Waals surface area contributed by atoms with E-state index in [0.717, 1.165) is 0 Å². The number of halogens is 3. The molecule has 0 amide bonds. The van der Waals surface area contributed by atoms with Crippen LogP contribution in [0.25, 0.3) is 0 Å². The lowest BCUT2D eigenvalue weighted by Gasteiger charge is -2.13. The molecule has 4 N–H and O–H groups in total. The van der Waals surface area contributed by atoms with Crippen molar-refractivity contribution in [2.75, 3.05) is 5.75 Å². The van der Waals surface area contributed by atoms with E-state index in [9.17, 15) is 21.6 Å². The van der Waals surface area contributed by atoms with Gasteiger partial charge in [0.25, 0.3) is 0 Å². The van der Waals surface area contributed by atoms with E-state index in [0.29, 0.717) is 0 Å². The Morgan fingerprint density at radius 3 is 2.41 bits per heavy atom. The van der Waals surface area contributed by atoms with Crippen LogP contribution in [-0.2, 0) is 10.0 Å². The first-order valence-electron chi connectivity index (χ1n) is 4.91. The van der Waals surface area contributed by atoms with Crippen LogP contribution in [0.4, 0.5) is 13.2 Å². The first-order chi connectivity index (χ1) is 7.52. The molecule has 1 atom stereocenters. The maximum Gasteiger partial charge on any atom is 0.389 e. The molecule has 5 nitrogen and oxygen atoms in total. The molecule has 0 saturated carbocycles. The second-order valence-electron chi connectivity index (χ2n) is 3.79. The van der Waals surface area contributed by atoms with E-state index in [2.05, 4.69) is 4.72 Å². The lowest BCUT2D eigenvalue weighted by molar-refractivity contribution is -0.134. The van der Waals surface area contributed by atoms with E-state index in [-0.39, 0.29) is 12.3 Å². The summed E-state index contributed by atoms with van der Waals surface area (Å²) in [5, 5.41) is 6.95. The first kappa shape index (κ1) is 16.2. The van der Waals surface area contributed by atoms with E-state index < -0.39 is 40.8 Å². The fourth-order valence-corrected chi connectivity index (χ4v) is 2.54. The number of alkyl halides is 3. The highest BCUT2D eigenvalue weighted by atomic mass is 32.2. The molecule has 0 aromatic heterocycles. The summed E-state index contributed by atoms with van der Waals surface area (Å²) >= 11 is 0. The zero-order valence-electron chi connectivity index (χ0n) is 9.34. The summed E-state index contributed by atoms with van der Waals surface area (Å²) < 4.78 is 60.2. The van der Waals surface area contributed by atoms with Gasteiger partial charge in [-0.1, -0.05) is 0 Å². The predicted octanol–water partition coefficient (Wildman–Crippen LogP) is 0.963. The van der Waals surface area contributed by atoms with E-state index in [1.54, 1.807) is 0 Å². The van der Waals surface area contributed by atoms with Crippen LogP contribution in [0.2, 0.25) is 0 Å². The van der Waals surface area contributed by atoms with E-state index in [4.69, 9.17) is 11.1 Å². The van der Waals surface area contributed by atoms with Crippen molar-refractivity contribution in [1.29, 1.82) is 5.41 Å². The molecule has 102 valence electrons. The minimum Gasteiger partial charge on any atom is -0.388 e. The van der Waals surface area contributed by atoms with E-state index >= 15 is 0 Å². The van der Waals surface area contributed by atoms with Gasteiger partial charge in [0.15, 0.2) is 0 Å². The van der Waals surface area contributed by atoms with Gasteiger partial charge >= 0.3 is 6.18 Å². The quantitative estimate of drug-likeness (QED) is 0.477. The van der Waals surface area contributed by atoms with Gasteiger partial charge in [0.1, 0.15) is 0 Å². The van der Waals surface area contributed by atoms with Gasteiger partial charge in [-0.3, -0.25) is 5.41 Å². The lowest BCUT2D eigenvalue weighted by atomic mass is 10.2. The van der Waals surface area contributed by atoms with Gasteiger partial charge in [-0.2, -0.15) is 13.2 Å². The summed E-state index contributed by atoms with van der Waals surface area (Å²) in [5.41, 5.74) is 5.07. The van der Waals surface area contributed by atoms with Gasteiger partial charge in [-0.05, 0) is 13.3 Å². The summed E-state index contributed by atoms with van der Waals surface area (Å²) in [4.78, 5) is 0. The van der Waals surface area contributed by atoms with Crippen molar-refractivity contribution in [3.63, 3.8) is 0 Å².